The monoisotopic (exact) mass is 273 g/mol. The van der Waals surface area contributed by atoms with Crippen molar-refractivity contribution in [1.82, 2.24) is 5.32 Å². The molecule has 0 bridgehead atoms. The van der Waals surface area contributed by atoms with Crippen molar-refractivity contribution in [1.29, 1.82) is 0 Å². The van der Waals surface area contributed by atoms with Gasteiger partial charge in [-0.3, -0.25) is 9.59 Å². The van der Waals surface area contributed by atoms with E-state index in [1.165, 1.54) is 19.2 Å². The fraction of sp³-hybridized carbons (Fsp3) is 0.333. The summed E-state index contributed by atoms with van der Waals surface area (Å²) in [7, 11) is 1.46. The summed E-state index contributed by atoms with van der Waals surface area (Å²) in [6.07, 6.45) is -0.282. The zero-order valence-corrected chi connectivity index (χ0v) is 10.5. The summed E-state index contributed by atoms with van der Waals surface area (Å²) < 4.78 is 13.2. The number of amides is 1. The Morgan fingerprint density at radius 2 is 2.06 bits per heavy atom. The van der Waals surface area contributed by atoms with Gasteiger partial charge < -0.3 is 10.4 Å². The molecule has 0 heterocycles. The molecule has 6 heteroatoms. The molecule has 0 spiro atoms. The van der Waals surface area contributed by atoms with E-state index in [4.69, 9.17) is 16.7 Å². The van der Waals surface area contributed by atoms with Crippen molar-refractivity contribution in [3.05, 3.63) is 34.6 Å². The molecule has 0 fully saturated rings. The minimum absolute atomic E-state index is 0.0252. The minimum Gasteiger partial charge on any atom is -0.481 e. The molecule has 0 aromatic heterocycles. The van der Waals surface area contributed by atoms with Gasteiger partial charge in [0.2, 0.25) is 5.91 Å². The third-order valence-corrected chi connectivity index (χ3v) is 2.71. The third-order valence-electron chi connectivity index (χ3n) is 2.49. The first-order valence-electron chi connectivity index (χ1n) is 5.30. The van der Waals surface area contributed by atoms with E-state index >= 15 is 0 Å². The summed E-state index contributed by atoms with van der Waals surface area (Å²) in [5.74, 6) is -2.51. The molecule has 1 aromatic carbocycles. The van der Waals surface area contributed by atoms with Gasteiger partial charge in [-0.05, 0) is 23.8 Å². The number of hydrogen-bond acceptors (Lipinski definition) is 2. The predicted octanol–water partition coefficient (Wildman–Crippen LogP) is 2.17. The van der Waals surface area contributed by atoms with Crippen LogP contribution in [0.15, 0.2) is 18.2 Å². The van der Waals surface area contributed by atoms with Gasteiger partial charge in [0.1, 0.15) is 5.82 Å². The molecule has 1 amide bonds. The van der Waals surface area contributed by atoms with Crippen LogP contribution in [0.2, 0.25) is 5.02 Å². The number of carboxylic acids is 1. The third kappa shape index (κ3) is 4.33. The summed E-state index contributed by atoms with van der Waals surface area (Å²) in [4.78, 5) is 22.1. The van der Waals surface area contributed by atoms with Gasteiger partial charge in [0.05, 0.1) is 6.42 Å². The molecule has 0 aliphatic carbocycles. The second-order valence-electron chi connectivity index (χ2n) is 3.87. The van der Waals surface area contributed by atoms with Gasteiger partial charge in [0, 0.05) is 24.4 Å². The Labute approximate surface area is 109 Å². The molecule has 1 atom stereocenters. The highest BCUT2D eigenvalue weighted by molar-refractivity contribution is 6.30. The summed E-state index contributed by atoms with van der Waals surface area (Å²) in [6, 6.07) is 3.80. The van der Waals surface area contributed by atoms with E-state index in [1.54, 1.807) is 0 Å². The van der Waals surface area contributed by atoms with E-state index in [2.05, 4.69) is 5.32 Å². The highest BCUT2D eigenvalue weighted by Crippen LogP contribution is 2.27. The van der Waals surface area contributed by atoms with E-state index in [0.717, 1.165) is 6.07 Å². The lowest BCUT2D eigenvalue weighted by Crippen LogP contribution is -2.21. The van der Waals surface area contributed by atoms with Crippen molar-refractivity contribution < 1.29 is 19.1 Å². The van der Waals surface area contributed by atoms with Crippen LogP contribution in [-0.4, -0.2) is 24.0 Å². The molecule has 0 aliphatic heterocycles. The zero-order chi connectivity index (χ0) is 13.7. The average Bonchev–Trinajstić information content (AvgIpc) is 2.26. The van der Waals surface area contributed by atoms with Gasteiger partial charge in [-0.25, -0.2) is 4.39 Å². The fourth-order valence-corrected chi connectivity index (χ4v) is 1.89. The number of carbonyl (C=O) groups is 2. The van der Waals surface area contributed by atoms with E-state index in [-0.39, 0.29) is 23.8 Å². The number of carboxylic acid groups (broad SMARTS) is 1. The molecular weight excluding hydrogens is 261 g/mol. The van der Waals surface area contributed by atoms with Crippen LogP contribution in [0.1, 0.15) is 24.3 Å². The Morgan fingerprint density at radius 1 is 1.39 bits per heavy atom. The van der Waals surface area contributed by atoms with Gasteiger partial charge in [-0.2, -0.15) is 0 Å². The first-order valence-corrected chi connectivity index (χ1v) is 5.68. The zero-order valence-electron chi connectivity index (χ0n) is 9.74. The molecule has 0 saturated heterocycles. The van der Waals surface area contributed by atoms with Crippen molar-refractivity contribution in [3.63, 3.8) is 0 Å². The molecule has 98 valence electrons. The van der Waals surface area contributed by atoms with Crippen LogP contribution in [0.25, 0.3) is 0 Å². The maximum atomic E-state index is 13.2. The first kappa shape index (κ1) is 14.4. The van der Waals surface area contributed by atoms with Gasteiger partial charge in [-0.15, -0.1) is 0 Å². The highest BCUT2D eigenvalue weighted by Gasteiger charge is 2.20. The molecule has 0 radical (unpaired) electrons. The number of aliphatic carboxylic acids is 1. The van der Waals surface area contributed by atoms with Crippen LogP contribution in [-0.2, 0) is 9.59 Å². The van der Waals surface area contributed by atoms with Crippen molar-refractivity contribution in [3.8, 4) is 0 Å². The van der Waals surface area contributed by atoms with Crippen molar-refractivity contribution in [2.24, 2.45) is 0 Å². The Kier molecular flexibility index (Phi) is 5.09. The van der Waals surface area contributed by atoms with E-state index in [0.29, 0.717) is 5.56 Å². The maximum Gasteiger partial charge on any atom is 0.303 e. The number of rotatable bonds is 5. The molecule has 1 aromatic rings. The summed E-state index contributed by atoms with van der Waals surface area (Å²) in [5, 5.41) is 11.4. The molecule has 1 rings (SSSR count). The summed E-state index contributed by atoms with van der Waals surface area (Å²) >= 11 is 5.71. The van der Waals surface area contributed by atoms with Crippen LogP contribution >= 0.6 is 11.6 Å². The topological polar surface area (TPSA) is 66.4 Å². The Morgan fingerprint density at radius 3 is 2.56 bits per heavy atom. The lowest BCUT2D eigenvalue weighted by Gasteiger charge is -2.15. The second-order valence-corrected chi connectivity index (χ2v) is 4.31. The highest BCUT2D eigenvalue weighted by atomic mass is 35.5. The largest absolute Gasteiger partial charge is 0.481 e. The number of nitrogens with one attached hydrogen (secondary N) is 1. The van der Waals surface area contributed by atoms with Crippen LogP contribution in [0, 0.1) is 5.82 Å². The Hall–Kier alpha value is -1.62. The fourth-order valence-electron chi connectivity index (χ4n) is 1.66. The molecule has 4 nitrogen and oxygen atoms in total. The van der Waals surface area contributed by atoms with Gasteiger partial charge in [0.25, 0.3) is 0 Å². The molecule has 0 aliphatic rings. The maximum absolute atomic E-state index is 13.2. The van der Waals surface area contributed by atoms with E-state index < -0.39 is 17.7 Å². The quantitative estimate of drug-likeness (QED) is 0.864. The van der Waals surface area contributed by atoms with E-state index in [9.17, 15) is 14.0 Å². The summed E-state index contributed by atoms with van der Waals surface area (Å²) in [6.45, 7) is 0. The van der Waals surface area contributed by atoms with E-state index in [1.807, 2.05) is 0 Å². The predicted molar refractivity (Wildman–Crippen MR) is 65.1 cm³/mol. The first-order chi connectivity index (χ1) is 8.42. The number of benzene rings is 1. The Balaban J connectivity index is 3.00. The molecule has 18 heavy (non-hydrogen) atoms. The normalized spacial score (nSPS) is 11.9. The van der Waals surface area contributed by atoms with Gasteiger partial charge >= 0.3 is 5.97 Å². The number of hydrogen-bond donors (Lipinski definition) is 2. The van der Waals surface area contributed by atoms with Crippen LogP contribution in [0.4, 0.5) is 4.39 Å². The van der Waals surface area contributed by atoms with Crippen LogP contribution in [0.5, 0.6) is 0 Å². The smallest absolute Gasteiger partial charge is 0.303 e. The second kappa shape index (κ2) is 6.35. The SMILES string of the molecule is CNC(=O)CC(CC(=O)O)c1cc(F)cc(Cl)c1. The standard InChI is InChI=1S/C12H13ClFNO3/c1-15-11(16)4-8(5-12(17)18)7-2-9(13)6-10(14)3-7/h2-3,6,8H,4-5H2,1H3,(H,15,16)(H,17,18). The van der Waals surface area contributed by atoms with Crippen LogP contribution < -0.4 is 5.32 Å². The molecule has 1 unspecified atom stereocenters. The van der Waals surface area contributed by atoms with Crippen molar-refractivity contribution >= 4 is 23.5 Å². The number of halogens is 2. The molecule has 2 N–H and O–H groups in total. The lowest BCUT2D eigenvalue weighted by atomic mass is 9.92. The molecular formula is C12H13ClFNO3. The van der Waals surface area contributed by atoms with Crippen molar-refractivity contribution in [2.45, 2.75) is 18.8 Å². The average molecular weight is 274 g/mol. The minimum atomic E-state index is -1.05. The van der Waals surface area contributed by atoms with Gasteiger partial charge in [0.15, 0.2) is 0 Å². The van der Waals surface area contributed by atoms with Gasteiger partial charge in [-0.1, -0.05) is 11.6 Å². The molecule has 0 saturated carbocycles. The lowest BCUT2D eigenvalue weighted by molar-refractivity contribution is -0.137. The number of carbonyl (C=O) groups excluding carboxylic acids is 1. The van der Waals surface area contributed by atoms with Crippen LogP contribution in [0.3, 0.4) is 0 Å². The summed E-state index contributed by atoms with van der Waals surface area (Å²) in [5.41, 5.74) is 0.408. The van der Waals surface area contributed by atoms with Crippen molar-refractivity contribution in [2.75, 3.05) is 7.05 Å². The Bertz CT molecular complexity index is 444.